The number of nitrogens with one attached hydrogen (secondary N) is 1. The predicted octanol–water partition coefficient (Wildman–Crippen LogP) is 3.13. The Labute approximate surface area is 153 Å². The Morgan fingerprint density at radius 3 is 2.54 bits per heavy atom. The van der Waals surface area contributed by atoms with Crippen molar-refractivity contribution in [3.63, 3.8) is 0 Å². The maximum atomic E-state index is 12.6. The van der Waals surface area contributed by atoms with Gasteiger partial charge < -0.3 is 19.7 Å². The number of nitrogens with zero attached hydrogens (tertiary/aromatic N) is 3. The van der Waals surface area contributed by atoms with Gasteiger partial charge in [-0.05, 0) is 25.0 Å². The zero-order valence-corrected chi connectivity index (χ0v) is 15.2. The Kier molecular flexibility index (Phi) is 5.88. The van der Waals surface area contributed by atoms with Crippen LogP contribution in [0.2, 0.25) is 0 Å². The Hall–Kier alpha value is -2.83. The van der Waals surface area contributed by atoms with Crippen molar-refractivity contribution in [1.82, 2.24) is 9.97 Å². The molecule has 0 bridgehead atoms. The molecule has 138 valence electrons. The third kappa shape index (κ3) is 4.22. The lowest BCUT2D eigenvalue weighted by atomic mass is 10.2. The summed E-state index contributed by atoms with van der Waals surface area (Å²) in [7, 11) is 0. The van der Waals surface area contributed by atoms with Crippen LogP contribution in [0.5, 0.6) is 11.5 Å². The van der Waals surface area contributed by atoms with Gasteiger partial charge in [-0.2, -0.15) is 0 Å². The summed E-state index contributed by atoms with van der Waals surface area (Å²) < 4.78 is 11.0. The number of ether oxygens (including phenoxy) is 2. The zero-order valence-electron chi connectivity index (χ0n) is 15.2. The largest absolute Gasteiger partial charge is 0.486 e. The molecular weight excluding hydrogens is 332 g/mol. The quantitative estimate of drug-likeness (QED) is 0.821. The molecule has 1 aromatic carbocycles. The summed E-state index contributed by atoms with van der Waals surface area (Å²) in [4.78, 5) is 23.2. The fourth-order valence-corrected chi connectivity index (χ4v) is 2.84. The molecule has 0 radical (unpaired) electrons. The van der Waals surface area contributed by atoms with Gasteiger partial charge in [-0.15, -0.1) is 0 Å². The van der Waals surface area contributed by atoms with E-state index in [1.807, 2.05) is 0 Å². The van der Waals surface area contributed by atoms with Gasteiger partial charge in [-0.25, -0.2) is 9.97 Å². The van der Waals surface area contributed by atoms with Crippen LogP contribution in [0.15, 0.2) is 30.6 Å². The second-order valence-electron chi connectivity index (χ2n) is 6.06. The molecule has 0 fully saturated rings. The van der Waals surface area contributed by atoms with Gasteiger partial charge in [-0.1, -0.05) is 13.8 Å². The van der Waals surface area contributed by atoms with Gasteiger partial charge in [0, 0.05) is 30.9 Å². The Bertz CT molecular complexity index is 760. The topological polar surface area (TPSA) is 76.6 Å². The molecule has 2 heterocycles. The summed E-state index contributed by atoms with van der Waals surface area (Å²) in [5, 5.41) is 2.86. The van der Waals surface area contributed by atoms with Crippen molar-refractivity contribution in [3.8, 4) is 11.5 Å². The van der Waals surface area contributed by atoms with E-state index in [0.29, 0.717) is 36.1 Å². The van der Waals surface area contributed by atoms with Crippen molar-refractivity contribution in [1.29, 1.82) is 0 Å². The van der Waals surface area contributed by atoms with Gasteiger partial charge in [0.25, 0.3) is 5.91 Å². The molecule has 0 atom stereocenters. The van der Waals surface area contributed by atoms with Crippen LogP contribution in [0.3, 0.4) is 0 Å². The standard InChI is InChI=1S/C19H24N4O3/c1-3-7-23(8-4-2)18-12-15(20-13-21-18)19(24)22-14-5-6-16-17(11-14)26-10-9-25-16/h5-6,11-13H,3-4,7-10H2,1-2H3,(H,22,24). The number of rotatable bonds is 7. The molecule has 3 rings (SSSR count). The maximum Gasteiger partial charge on any atom is 0.274 e. The van der Waals surface area contributed by atoms with E-state index < -0.39 is 0 Å². The van der Waals surface area contributed by atoms with Crippen LogP contribution in [0.25, 0.3) is 0 Å². The summed E-state index contributed by atoms with van der Waals surface area (Å²) in [6.07, 6.45) is 3.47. The predicted molar refractivity (Wildman–Crippen MR) is 100 cm³/mol. The molecule has 0 saturated heterocycles. The average molecular weight is 356 g/mol. The maximum absolute atomic E-state index is 12.6. The Balaban J connectivity index is 1.74. The number of fused-ring (bicyclic) bond motifs is 1. The molecule has 1 N–H and O–H groups in total. The number of carbonyl (C=O) groups is 1. The molecule has 1 aliphatic rings. The van der Waals surface area contributed by atoms with Gasteiger partial charge in [0.1, 0.15) is 31.1 Å². The van der Waals surface area contributed by atoms with Crippen LogP contribution >= 0.6 is 0 Å². The SMILES string of the molecule is CCCN(CCC)c1cc(C(=O)Nc2ccc3c(c2)OCCO3)ncn1. The molecule has 0 aliphatic carbocycles. The highest BCUT2D eigenvalue weighted by molar-refractivity contribution is 6.03. The van der Waals surface area contributed by atoms with E-state index in [9.17, 15) is 4.79 Å². The molecule has 1 aliphatic heterocycles. The highest BCUT2D eigenvalue weighted by Crippen LogP contribution is 2.32. The van der Waals surface area contributed by atoms with Crippen LogP contribution in [0, 0.1) is 0 Å². The molecule has 0 unspecified atom stereocenters. The molecule has 26 heavy (non-hydrogen) atoms. The van der Waals surface area contributed by atoms with Crippen LogP contribution in [0.4, 0.5) is 11.5 Å². The minimum atomic E-state index is -0.279. The lowest BCUT2D eigenvalue weighted by molar-refractivity contribution is 0.102. The van der Waals surface area contributed by atoms with Crippen LogP contribution in [-0.2, 0) is 0 Å². The smallest absolute Gasteiger partial charge is 0.274 e. The van der Waals surface area contributed by atoms with Crippen molar-refractivity contribution in [3.05, 3.63) is 36.3 Å². The van der Waals surface area contributed by atoms with Gasteiger partial charge in [0.05, 0.1) is 0 Å². The van der Waals surface area contributed by atoms with E-state index in [4.69, 9.17) is 9.47 Å². The number of carbonyl (C=O) groups excluding carboxylic acids is 1. The van der Waals surface area contributed by atoms with Crippen molar-refractivity contribution < 1.29 is 14.3 Å². The molecule has 0 spiro atoms. The van der Waals surface area contributed by atoms with E-state index in [-0.39, 0.29) is 5.91 Å². The van der Waals surface area contributed by atoms with Crippen LogP contribution in [-0.4, -0.2) is 42.2 Å². The average Bonchev–Trinajstić information content (AvgIpc) is 2.68. The van der Waals surface area contributed by atoms with Gasteiger partial charge in [-0.3, -0.25) is 4.79 Å². The normalized spacial score (nSPS) is 12.5. The summed E-state index contributed by atoms with van der Waals surface area (Å²) in [6.45, 7) is 7.08. The first-order chi connectivity index (χ1) is 12.7. The molecular formula is C19H24N4O3. The van der Waals surface area contributed by atoms with Crippen LogP contribution in [0.1, 0.15) is 37.2 Å². The Morgan fingerprint density at radius 1 is 1.08 bits per heavy atom. The van der Waals surface area contributed by atoms with E-state index in [1.54, 1.807) is 24.3 Å². The van der Waals surface area contributed by atoms with Gasteiger partial charge >= 0.3 is 0 Å². The van der Waals surface area contributed by atoms with Crippen LogP contribution < -0.4 is 19.7 Å². The number of benzene rings is 1. The zero-order chi connectivity index (χ0) is 18.4. The third-order valence-electron chi connectivity index (χ3n) is 4.00. The Morgan fingerprint density at radius 2 is 1.81 bits per heavy atom. The molecule has 1 aromatic heterocycles. The highest BCUT2D eigenvalue weighted by atomic mass is 16.6. The molecule has 7 heteroatoms. The number of amides is 1. The van der Waals surface area contributed by atoms with Crippen molar-refractivity contribution in [2.45, 2.75) is 26.7 Å². The minimum absolute atomic E-state index is 0.279. The van der Waals surface area contributed by atoms with E-state index in [2.05, 4.69) is 34.0 Å². The summed E-state index contributed by atoms with van der Waals surface area (Å²) >= 11 is 0. The molecule has 2 aromatic rings. The van der Waals surface area contributed by atoms with Crippen molar-refractivity contribution >= 4 is 17.4 Å². The van der Waals surface area contributed by atoms with E-state index >= 15 is 0 Å². The fraction of sp³-hybridized carbons (Fsp3) is 0.421. The van der Waals surface area contributed by atoms with E-state index in [1.165, 1.54) is 6.33 Å². The van der Waals surface area contributed by atoms with Crippen molar-refractivity contribution in [2.24, 2.45) is 0 Å². The fourth-order valence-electron chi connectivity index (χ4n) is 2.84. The van der Waals surface area contributed by atoms with Crippen molar-refractivity contribution in [2.75, 3.05) is 36.5 Å². The van der Waals surface area contributed by atoms with Gasteiger partial charge in [0.15, 0.2) is 11.5 Å². The first-order valence-corrected chi connectivity index (χ1v) is 8.99. The number of hydrogen-bond donors (Lipinski definition) is 1. The molecule has 1 amide bonds. The molecule has 7 nitrogen and oxygen atoms in total. The number of aromatic nitrogens is 2. The van der Waals surface area contributed by atoms with E-state index in [0.717, 1.165) is 31.7 Å². The first-order valence-electron chi connectivity index (χ1n) is 8.99. The summed E-state index contributed by atoms with van der Waals surface area (Å²) in [5.74, 6) is 1.82. The minimum Gasteiger partial charge on any atom is -0.486 e. The molecule has 0 saturated carbocycles. The monoisotopic (exact) mass is 356 g/mol. The first kappa shape index (κ1) is 18.0. The highest BCUT2D eigenvalue weighted by Gasteiger charge is 2.15. The third-order valence-corrected chi connectivity index (χ3v) is 4.00. The number of hydrogen-bond acceptors (Lipinski definition) is 6. The summed E-state index contributed by atoms with van der Waals surface area (Å²) in [5.41, 5.74) is 0.973. The number of anilines is 2. The second-order valence-corrected chi connectivity index (χ2v) is 6.06. The second kappa shape index (κ2) is 8.51. The lowest BCUT2D eigenvalue weighted by Crippen LogP contribution is -2.26. The summed E-state index contributed by atoms with van der Waals surface area (Å²) in [6, 6.07) is 7.07. The lowest BCUT2D eigenvalue weighted by Gasteiger charge is -2.22. The van der Waals surface area contributed by atoms with Gasteiger partial charge in [0.2, 0.25) is 0 Å².